The largest absolute Gasteiger partial charge is 0.481 e. The number of aromatic nitrogens is 1. The Morgan fingerprint density at radius 1 is 1.04 bits per heavy atom. The second kappa shape index (κ2) is 7.96. The van der Waals surface area contributed by atoms with E-state index in [0.29, 0.717) is 18.0 Å². The highest BCUT2D eigenvalue weighted by Gasteiger charge is 2.27. The highest BCUT2D eigenvalue weighted by atomic mass is 32.1. The summed E-state index contributed by atoms with van der Waals surface area (Å²) in [6.45, 7) is 0. The smallest absolute Gasteiger partial charge is 0.321 e. The predicted molar refractivity (Wildman–Crippen MR) is 93.5 cm³/mol. The summed E-state index contributed by atoms with van der Waals surface area (Å²) in [6, 6.07) is -0.169. The number of nitrogens with zero attached hydrogens (tertiary/aromatic N) is 1. The molecule has 1 aromatic heterocycles. The summed E-state index contributed by atoms with van der Waals surface area (Å²) >= 11 is 1.59. The van der Waals surface area contributed by atoms with Gasteiger partial charge in [-0.25, -0.2) is 9.78 Å². The first-order valence-electron chi connectivity index (χ1n) is 8.90. The average molecular weight is 351 g/mol. The third-order valence-corrected chi connectivity index (χ3v) is 6.05. The van der Waals surface area contributed by atoms with Gasteiger partial charge in [-0.3, -0.25) is 10.1 Å². The van der Waals surface area contributed by atoms with E-state index in [1.807, 2.05) is 0 Å². The van der Waals surface area contributed by atoms with Crippen molar-refractivity contribution in [1.82, 2.24) is 10.3 Å². The molecular weight excluding hydrogens is 326 g/mol. The standard InChI is InChI=1S/C17H25N3O3S/c21-15(22)11-7-9-12(10-8-11)18-16(23)20-17-19-13-5-3-1-2-4-6-14(13)24-17/h11-12H,1-10H2,(H,21,22)(H2,18,19,20,23). The van der Waals surface area contributed by atoms with Gasteiger partial charge in [0.05, 0.1) is 11.6 Å². The fourth-order valence-corrected chi connectivity index (χ4v) is 4.61. The van der Waals surface area contributed by atoms with Gasteiger partial charge in [0.2, 0.25) is 0 Å². The van der Waals surface area contributed by atoms with E-state index in [9.17, 15) is 9.59 Å². The third kappa shape index (κ3) is 4.47. The molecule has 2 aliphatic rings. The number of hydrogen-bond donors (Lipinski definition) is 3. The van der Waals surface area contributed by atoms with Crippen LogP contribution in [-0.2, 0) is 17.6 Å². The van der Waals surface area contributed by atoms with Crippen molar-refractivity contribution in [2.45, 2.75) is 70.3 Å². The number of anilines is 1. The lowest BCUT2D eigenvalue weighted by molar-refractivity contribution is -0.142. The highest BCUT2D eigenvalue weighted by molar-refractivity contribution is 7.15. The number of carbonyl (C=O) groups is 2. The molecule has 2 aliphatic carbocycles. The zero-order valence-corrected chi connectivity index (χ0v) is 14.7. The number of nitrogens with one attached hydrogen (secondary N) is 2. The normalized spacial score (nSPS) is 24.3. The Hall–Kier alpha value is -1.63. The number of carboxylic acids is 1. The SMILES string of the molecule is O=C(Nc1nc2c(s1)CCCCCC2)NC1CCC(C(=O)O)CC1. The second-order valence-corrected chi connectivity index (χ2v) is 7.87. The van der Waals surface area contributed by atoms with E-state index in [4.69, 9.17) is 5.11 Å². The van der Waals surface area contributed by atoms with Crippen LogP contribution in [0.5, 0.6) is 0 Å². The van der Waals surface area contributed by atoms with E-state index in [1.54, 1.807) is 11.3 Å². The highest BCUT2D eigenvalue weighted by Crippen LogP contribution is 2.29. The molecule has 2 amide bonds. The van der Waals surface area contributed by atoms with Crippen molar-refractivity contribution >= 4 is 28.5 Å². The summed E-state index contributed by atoms with van der Waals surface area (Å²) in [5.41, 5.74) is 1.15. The van der Waals surface area contributed by atoms with Crippen molar-refractivity contribution < 1.29 is 14.7 Å². The Kier molecular flexibility index (Phi) is 5.71. The monoisotopic (exact) mass is 351 g/mol. The molecule has 1 aromatic rings. The summed E-state index contributed by atoms with van der Waals surface area (Å²) in [5, 5.41) is 15.5. The van der Waals surface area contributed by atoms with Gasteiger partial charge >= 0.3 is 12.0 Å². The van der Waals surface area contributed by atoms with Crippen LogP contribution in [0.2, 0.25) is 0 Å². The van der Waals surface area contributed by atoms with Crippen molar-refractivity contribution in [2.24, 2.45) is 5.92 Å². The van der Waals surface area contributed by atoms with Gasteiger partial charge in [-0.15, -0.1) is 11.3 Å². The number of amides is 2. The molecule has 6 nitrogen and oxygen atoms in total. The van der Waals surface area contributed by atoms with E-state index in [2.05, 4.69) is 15.6 Å². The number of aliphatic carboxylic acids is 1. The summed E-state index contributed by atoms with van der Waals surface area (Å²) in [5.74, 6) is -0.984. The van der Waals surface area contributed by atoms with Gasteiger partial charge in [-0.05, 0) is 51.4 Å². The number of rotatable bonds is 3. The fourth-order valence-electron chi connectivity index (χ4n) is 3.56. The van der Waals surface area contributed by atoms with Crippen LogP contribution < -0.4 is 10.6 Å². The molecule has 1 saturated carbocycles. The van der Waals surface area contributed by atoms with E-state index in [1.165, 1.54) is 30.6 Å². The molecule has 0 aliphatic heterocycles. The van der Waals surface area contributed by atoms with Gasteiger partial charge in [-0.1, -0.05) is 12.8 Å². The Balaban J connectivity index is 1.50. The lowest BCUT2D eigenvalue weighted by Gasteiger charge is -2.26. The van der Waals surface area contributed by atoms with Gasteiger partial charge in [0.1, 0.15) is 0 Å². The van der Waals surface area contributed by atoms with E-state index >= 15 is 0 Å². The molecule has 0 radical (unpaired) electrons. The number of aryl methyl sites for hydroxylation is 2. The van der Waals surface area contributed by atoms with Crippen LogP contribution in [0, 0.1) is 5.92 Å². The molecular formula is C17H25N3O3S. The van der Waals surface area contributed by atoms with E-state index < -0.39 is 5.97 Å². The minimum absolute atomic E-state index is 0.0570. The van der Waals surface area contributed by atoms with Crippen molar-refractivity contribution in [3.63, 3.8) is 0 Å². The predicted octanol–water partition coefficient (Wildman–Crippen LogP) is 3.57. The molecule has 7 heteroatoms. The number of carbonyl (C=O) groups excluding carboxylic acids is 1. The van der Waals surface area contributed by atoms with Crippen molar-refractivity contribution in [1.29, 1.82) is 0 Å². The van der Waals surface area contributed by atoms with E-state index in [-0.39, 0.29) is 18.0 Å². The van der Waals surface area contributed by atoms with Gasteiger partial charge in [0.15, 0.2) is 5.13 Å². The molecule has 1 heterocycles. The van der Waals surface area contributed by atoms with Crippen molar-refractivity contribution in [2.75, 3.05) is 5.32 Å². The first-order chi connectivity index (χ1) is 11.6. The zero-order valence-electron chi connectivity index (χ0n) is 13.8. The molecule has 1 fully saturated rings. The van der Waals surface area contributed by atoms with Gasteiger partial charge in [-0.2, -0.15) is 0 Å². The minimum Gasteiger partial charge on any atom is -0.481 e. The Morgan fingerprint density at radius 2 is 1.75 bits per heavy atom. The quantitative estimate of drug-likeness (QED) is 0.776. The molecule has 0 aromatic carbocycles. The van der Waals surface area contributed by atoms with Crippen LogP contribution in [0.4, 0.5) is 9.93 Å². The first kappa shape index (κ1) is 17.2. The van der Waals surface area contributed by atoms with Crippen LogP contribution in [0.3, 0.4) is 0 Å². The molecule has 132 valence electrons. The van der Waals surface area contributed by atoms with Gasteiger partial charge < -0.3 is 10.4 Å². The number of thiazole rings is 1. The minimum atomic E-state index is -0.724. The van der Waals surface area contributed by atoms with Crippen LogP contribution in [0.25, 0.3) is 0 Å². The van der Waals surface area contributed by atoms with Crippen LogP contribution in [0.15, 0.2) is 0 Å². The summed E-state index contributed by atoms with van der Waals surface area (Å²) in [4.78, 5) is 29.0. The van der Waals surface area contributed by atoms with Gasteiger partial charge in [0.25, 0.3) is 0 Å². The first-order valence-corrected chi connectivity index (χ1v) is 9.72. The van der Waals surface area contributed by atoms with E-state index in [0.717, 1.165) is 31.4 Å². The van der Waals surface area contributed by atoms with Crippen molar-refractivity contribution in [3.05, 3.63) is 10.6 Å². The summed E-state index contributed by atoms with van der Waals surface area (Å²) in [6.07, 6.45) is 9.70. The molecule has 0 unspecified atom stereocenters. The Bertz CT molecular complexity index is 568. The third-order valence-electron chi connectivity index (χ3n) is 4.98. The maximum Gasteiger partial charge on any atom is 0.321 e. The average Bonchev–Trinajstić information content (AvgIpc) is 2.88. The molecule has 0 bridgehead atoms. The molecule has 3 rings (SSSR count). The molecule has 24 heavy (non-hydrogen) atoms. The van der Waals surface area contributed by atoms with Gasteiger partial charge in [0, 0.05) is 10.9 Å². The number of fused-ring (bicyclic) bond motifs is 1. The second-order valence-electron chi connectivity index (χ2n) is 6.79. The maximum atomic E-state index is 12.2. The number of urea groups is 1. The summed E-state index contributed by atoms with van der Waals surface area (Å²) < 4.78 is 0. The van der Waals surface area contributed by atoms with Crippen LogP contribution >= 0.6 is 11.3 Å². The molecule has 0 spiro atoms. The fraction of sp³-hybridized carbons (Fsp3) is 0.706. The lowest BCUT2D eigenvalue weighted by atomic mass is 9.86. The number of hydrogen-bond acceptors (Lipinski definition) is 4. The maximum absolute atomic E-state index is 12.2. The van der Waals surface area contributed by atoms with Crippen LogP contribution in [0.1, 0.15) is 61.9 Å². The van der Waals surface area contributed by atoms with Crippen LogP contribution in [-0.4, -0.2) is 28.1 Å². The Labute approximate surface area is 146 Å². The lowest BCUT2D eigenvalue weighted by Crippen LogP contribution is -2.40. The molecule has 0 saturated heterocycles. The Morgan fingerprint density at radius 3 is 2.46 bits per heavy atom. The summed E-state index contributed by atoms with van der Waals surface area (Å²) in [7, 11) is 0. The zero-order chi connectivity index (χ0) is 16.9. The molecule has 0 atom stereocenters. The molecule has 3 N–H and O–H groups in total. The van der Waals surface area contributed by atoms with Crippen molar-refractivity contribution in [3.8, 4) is 0 Å². The topological polar surface area (TPSA) is 91.3 Å². The number of carboxylic acid groups (broad SMARTS) is 1.